The number of rotatable bonds is 7. The molecule has 1 aromatic carbocycles. The lowest BCUT2D eigenvalue weighted by molar-refractivity contribution is 0.0698. The molecule has 3 rings (SSSR count). The molecule has 0 saturated carbocycles. The van der Waals surface area contributed by atoms with Gasteiger partial charge in [0.05, 0.1) is 16.9 Å². The lowest BCUT2D eigenvalue weighted by Gasteiger charge is -2.16. The number of likely N-dealkylation sites (tertiary alicyclic amines) is 2. The molecule has 0 aliphatic carbocycles. The average molecular weight is 650 g/mol. The summed E-state index contributed by atoms with van der Waals surface area (Å²) in [6.07, 6.45) is 11.9. The van der Waals surface area contributed by atoms with E-state index in [4.69, 9.17) is 0 Å². The van der Waals surface area contributed by atoms with Crippen LogP contribution in [0.4, 0.5) is 11.4 Å². The molecule has 0 radical (unpaired) electrons. The largest absolute Gasteiger partial charge is 0.478 e. The van der Waals surface area contributed by atoms with Crippen LogP contribution >= 0.6 is 48.0 Å². The van der Waals surface area contributed by atoms with E-state index in [-0.39, 0.29) is 53.5 Å². The second-order valence-corrected chi connectivity index (χ2v) is 7.25. The van der Waals surface area contributed by atoms with Crippen molar-refractivity contribution in [3.8, 4) is 0 Å². The lowest BCUT2D eigenvalue weighted by atomic mass is 10.1. The Balaban J connectivity index is 0.00000240. The number of benzene rings is 1. The number of aromatic carboxylic acids is 1. The van der Waals surface area contributed by atoms with Gasteiger partial charge in [0.2, 0.25) is 0 Å². The first-order chi connectivity index (χ1) is 14.1. The van der Waals surface area contributed by atoms with E-state index in [1.165, 1.54) is 17.8 Å². The van der Waals surface area contributed by atoms with Gasteiger partial charge in [0, 0.05) is 50.0 Å². The fourth-order valence-corrected chi connectivity index (χ4v) is 3.91. The lowest BCUT2D eigenvalue weighted by Crippen LogP contribution is -2.16. The second-order valence-electron chi connectivity index (χ2n) is 7.25. The van der Waals surface area contributed by atoms with E-state index in [0.29, 0.717) is 11.4 Å². The van der Waals surface area contributed by atoms with Gasteiger partial charge in [-0.3, -0.25) is 9.98 Å². The third-order valence-corrected chi connectivity index (χ3v) is 5.48. The number of nitrogens with zero attached hydrogens (tertiary/aromatic N) is 4. The highest BCUT2D eigenvalue weighted by Gasteiger charge is 2.15. The van der Waals surface area contributed by atoms with Crippen molar-refractivity contribution in [3.05, 3.63) is 47.3 Å². The van der Waals surface area contributed by atoms with Crippen LogP contribution in [0.2, 0.25) is 0 Å². The molecule has 0 bridgehead atoms. The fraction of sp³-hybridized carbons (Fsp3) is 0.435. The molecular formula is C23H32I2N4O2. The fourth-order valence-electron chi connectivity index (χ4n) is 3.91. The highest BCUT2D eigenvalue weighted by molar-refractivity contribution is 14.0. The number of hydrogen-bond donors (Lipinski definition) is 1. The summed E-state index contributed by atoms with van der Waals surface area (Å²) in [6.45, 7) is 8.45. The average Bonchev–Trinajstić information content (AvgIpc) is 3.37. The number of carboxylic acid groups (broad SMARTS) is 1. The Morgan fingerprint density at radius 1 is 0.968 bits per heavy atom. The van der Waals surface area contributed by atoms with Crippen molar-refractivity contribution in [1.82, 2.24) is 9.80 Å². The van der Waals surface area contributed by atoms with Gasteiger partial charge in [-0.25, -0.2) is 4.79 Å². The number of carbonyl (C=O) groups is 1. The van der Waals surface area contributed by atoms with Crippen LogP contribution in [0.3, 0.4) is 0 Å². The van der Waals surface area contributed by atoms with Crippen LogP contribution in [0.15, 0.2) is 51.7 Å². The number of aliphatic imine (C=N–C) groups is 2. The Kier molecular flexibility index (Phi) is 12.3. The number of allylic oxidation sites excluding steroid dienone is 4. The molecule has 6 nitrogen and oxygen atoms in total. The smallest absolute Gasteiger partial charge is 0.337 e. The highest BCUT2D eigenvalue weighted by atomic mass is 127. The van der Waals surface area contributed by atoms with Crippen molar-refractivity contribution >= 4 is 77.7 Å². The summed E-state index contributed by atoms with van der Waals surface area (Å²) in [7, 11) is 0. The standard InChI is InChI=1S/C23H30N4O2.2HI/c1-3-26-15-5-7-19(26)11-13-24-18-9-10-22(21(17-18)23(28)29)25-14-12-20-8-6-16-27(20)4-2;;/h9-14,17H,3-8,15-16H2,1-2H3,(H,28,29);2*1H. The number of halogens is 2. The third kappa shape index (κ3) is 7.58. The van der Waals surface area contributed by atoms with Crippen molar-refractivity contribution in [2.24, 2.45) is 9.98 Å². The van der Waals surface area contributed by atoms with Gasteiger partial charge in [0.15, 0.2) is 0 Å². The molecule has 1 N–H and O–H groups in total. The van der Waals surface area contributed by atoms with Gasteiger partial charge in [-0.05, 0) is 69.9 Å². The minimum absolute atomic E-state index is 0. The number of hydrogen-bond acceptors (Lipinski definition) is 5. The molecule has 0 unspecified atom stereocenters. The van der Waals surface area contributed by atoms with Crippen LogP contribution in [0.5, 0.6) is 0 Å². The topological polar surface area (TPSA) is 68.5 Å². The number of carboxylic acids is 1. The van der Waals surface area contributed by atoms with Crippen LogP contribution in [-0.2, 0) is 0 Å². The minimum Gasteiger partial charge on any atom is -0.478 e. The van der Waals surface area contributed by atoms with Gasteiger partial charge in [0.1, 0.15) is 0 Å². The third-order valence-electron chi connectivity index (χ3n) is 5.48. The van der Waals surface area contributed by atoms with Gasteiger partial charge >= 0.3 is 5.97 Å². The van der Waals surface area contributed by atoms with Crippen LogP contribution in [0.1, 0.15) is 49.9 Å². The van der Waals surface area contributed by atoms with Crippen LogP contribution in [-0.4, -0.2) is 59.5 Å². The van der Waals surface area contributed by atoms with E-state index in [1.54, 1.807) is 30.6 Å². The van der Waals surface area contributed by atoms with Crippen molar-refractivity contribution in [1.29, 1.82) is 0 Å². The zero-order valence-corrected chi connectivity index (χ0v) is 22.8. The quantitative estimate of drug-likeness (QED) is 0.290. The summed E-state index contributed by atoms with van der Waals surface area (Å²) in [4.78, 5) is 25.2. The first kappa shape index (κ1) is 27.6. The van der Waals surface area contributed by atoms with Crippen LogP contribution in [0, 0.1) is 0 Å². The van der Waals surface area contributed by atoms with E-state index in [9.17, 15) is 9.90 Å². The molecule has 2 saturated heterocycles. The zero-order valence-electron chi connectivity index (χ0n) is 18.2. The molecule has 8 heteroatoms. The molecule has 2 heterocycles. The molecular weight excluding hydrogens is 618 g/mol. The monoisotopic (exact) mass is 650 g/mol. The summed E-state index contributed by atoms with van der Waals surface area (Å²) in [5.74, 6) is -0.996. The Morgan fingerprint density at radius 2 is 1.52 bits per heavy atom. The normalized spacial score (nSPS) is 18.9. The maximum Gasteiger partial charge on any atom is 0.337 e. The summed E-state index contributed by atoms with van der Waals surface area (Å²) in [5.41, 5.74) is 3.77. The van der Waals surface area contributed by atoms with Crippen LogP contribution in [0.25, 0.3) is 0 Å². The molecule has 1 aromatic rings. The molecule has 0 aromatic heterocycles. The Labute approximate surface area is 219 Å². The van der Waals surface area contributed by atoms with E-state index in [0.717, 1.165) is 45.4 Å². The second kappa shape index (κ2) is 13.9. The molecule has 2 aliphatic rings. The molecule has 0 atom stereocenters. The van der Waals surface area contributed by atoms with E-state index in [2.05, 4.69) is 33.6 Å². The Morgan fingerprint density at radius 3 is 2.03 bits per heavy atom. The summed E-state index contributed by atoms with van der Waals surface area (Å²) in [5, 5.41) is 9.58. The predicted molar refractivity (Wildman–Crippen MR) is 150 cm³/mol. The van der Waals surface area contributed by atoms with Gasteiger partial charge in [-0.15, -0.1) is 48.0 Å². The molecule has 31 heavy (non-hydrogen) atoms. The van der Waals surface area contributed by atoms with E-state index in [1.807, 2.05) is 12.2 Å². The molecule has 170 valence electrons. The van der Waals surface area contributed by atoms with E-state index < -0.39 is 5.97 Å². The summed E-state index contributed by atoms with van der Waals surface area (Å²) < 4.78 is 0. The SMILES string of the molecule is CCN1CCCC1=CC=Nc1ccc(N=CC=C2CCCN2CC)c(C(=O)O)c1.I.I. The van der Waals surface area contributed by atoms with Gasteiger partial charge in [-0.2, -0.15) is 0 Å². The first-order valence-corrected chi connectivity index (χ1v) is 10.5. The maximum absolute atomic E-state index is 11.7. The minimum atomic E-state index is -0.996. The molecule has 0 spiro atoms. The molecule has 2 fully saturated rings. The summed E-state index contributed by atoms with van der Waals surface area (Å²) in [6, 6.07) is 5.11. The van der Waals surface area contributed by atoms with Gasteiger partial charge < -0.3 is 14.9 Å². The maximum atomic E-state index is 11.7. The Hall–Kier alpha value is -1.43. The highest BCUT2D eigenvalue weighted by Crippen LogP contribution is 2.26. The molecule has 2 aliphatic heterocycles. The van der Waals surface area contributed by atoms with Crippen molar-refractivity contribution < 1.29 is 9.90 Å². The summed E-state index contributed by atoms with van der Waals surface area (Å²) >= 11 is 0. The van der Waals surface area contributed by atoms with Gasteiger partial charge in [0.25, 0.3) is 0 Å². The van der Waals surface area contributed by atoms with Gasteiger partial charge in [-0.1, -0.05) is 0 Å². The first-order valence-electron chi connectivity index (χ1n) is 10.5. The van der Waals surface area contributed by atoms with Crippen LogP contribution < -0.4 is 0 Å². The van der Waals surface area contributed by atoms with Crippen molar-refractivity contribution in [2.45, 2.75) is 39.5 Å². The Bertz CT molecular complexity index is 865. The zero-order chi connectivity index (χ0) is 20.6. The molecule has 0 amide bonds. The van der Waals surface area contributed by atoms with Crippen molar-refractivity contribution in [2.75, 3.05) is 26.2 Å². The van der Waals surface area contributed by atoms with Crippen molar-refractivity contribution in [3.63, 3.8) is 0 Å². The predicted octanol–water partition coefficient (Wildman–Crippen LogP) is 6.02. The van der Waals surface area contributed by atoms with E-state index >= 15 is 0 Å².